The van der Waals surface area contributed by atoms with Crippen LogP contribution in [0.5, 0.6) is 5.75 Å². The highest BCUT2D eigenvalue weighted by Crippen LogP contribution is 2.30. The van der Waals surface area contributed by atoms with E-state index < -0.39 is 0 Å². The molecule has 0 aliphatic carbocycles. The molecule has 1 heterocycles. The summed E-state index contributed by atoms with van der Waals surface area (Å²) in [5, 5.41) is 6.84. The van der Waals surface area contributed by atoms with Gasteiger partial charge in [0.2, 0.25) is 5.91 Å². The smallest absolute Gasteiger partial charge is 0.225 e. The maximum absolute atomic E-state index is 12.2. The normalized spacial score (nSPS) is 17.5. The van der Waals surface area contributed by atoms with Gasteiger partial charge in [0.15, 0.2) is 5.96 Å². The minimum Gasteiger partial charge on any atom is -0.496 e. The zero-order valence-electron chi connectivity index (χ0n) is 18.8. The first-order valence-corrected chi connectivity index (χ1v) is 11.5. The van der Waals surface area contributed by atoms with Gasteiger partial charge in [-0.1, -0.05) is 32.9 Å². The van der Waals surface area contributed by atoms with Gasteiger partial charge in [0.1, 0.15) is 5.75 Å². The Morgan fingerprint density at radius 1 is 1.33 bits per heavy atom. The number of thioether (sulfide) groups is 1. The lowest BCUT2D eigenvalue weighted by atomic mass is 10.2. The molecule has 1 saturated heterocycles. The van der Waals surface area contributed by atoms with E-state index in [1.165, 1.54) is 0 Å². The van der Waals surface area contributed by atoms with Crippen molar-refractivity contribution in [2.24, 2.45) is 16.8 Å². The van der Waals surface area contributed by atoms with Crippen LogP contribution in [0.25, 0.3) is 0 Å². The Kier molecular flexibility index (Phi) is 12.5. The molecule has 1 aliphatic heterocycles. The number of nitrogens with zero attached hydrogens (tertiary/aromatic N) is 2. The molecule has 170 valence electrons. The second-order valence-electron chi connectivity index (χ2n) is 7.86. The molecule has 0 bridgehead atoms. The number of carbonyl (C=O) groups is 1. The lowest BCUT2D eigenvalue weighted by Crippen LogP contribution is -2.45. The van der Waals surface area contributed by atoms with Crippen LogP contribution in [0.1, 0.15) is 34.1 Å². The van der Waals surface area contributed by atoms with Crippen LogP contribution >= 0.6 is 35.7 Å². The van der Waals surface area contributed by atoms with Crippen LogP contribution in [0, 0.1) is 11.8 Å². The SMILES string of the molecule is CCNC(=NCC(C)CSc1ccccc1OC)NC1CCN(C(=O)C(C)C)C1.I. The Hall–Kier alpha value is -1.16. The summed E-state index contributed by atoms with van der Waals surface area (Å²) in [6, 6.07) is 8.37. The van der Waals surface area contributed by atoms with Crippen molar-refractivity contribution < 1.29 is 9.53 Å². The van der Waals surface area contributed by atoms with Gasteiger partial charge < -0.3 is 20.3 Å². The first-order valence-electron chi connectivity index (χ1n) is 10.5. The molecule has 2 atom stereocenters. The Morgan fingerprint density at radius 3 is 2.73 bits per heavy atom. The number of hydrogen-bond donors (Lipinski definition) is 2. The van der Waals surface area contributed by atoms with Crippen LogP contribution in [-0.2, 0) is 4.79 Å². The number of benzene rings is 1. The molecule has 30 heavy (non-hydrogen) atoms. The Labute approximate surface area is 203 Å². The standard InChI is InChI=1S/C22H36N4O2S.HI/c1-6-23-22(25-18-11-12-26(14-18)21(27)16(2)3)24-13-17(4)15-29-20-10-8-7-9-19(20)28-5;/h7-10,16-18H,6,11-15H2,1-5H3,(H2,23,24,25);1H. The number of carbonyl (C=O) groups excluding carboxylic acids is 1. The number of guanidine groups is 1. The summed E-state index contributed by atoms with van der Waals surface area (Å²) >= 11 is 1.80. The van der Waals surface area contributed by atoms with Gasteiger partial charge in [0.05, 0.1) is 7.11 Å². The van der Waals surface area contributed by atoms with E-state index in [1.54, 1.807) is 18.9 Å². The zero-order chi connectivity index (χ0) is 21.2. The van der Waals surface area contributed by atoms with Gasteiger partial charge in [-0.2, -0.15) is 0 Å². The first-order chi connectivity index (χ1) is 13.9. The third kappa shape index (κ3) is 8.53. The van der Waals surface area contributed by atoms with Gasteiger partial charge in [-0.25, -0.2) is 0 Å². The van der Waals surface area contributed by atoms with E-state index in [4.69, 9.17) is 9.73 Å². The molecule has 2 N–H and O–H groups in total. The summed E-state index contributed by atoms with van der Waals surface area (Å²) in [4.78, 5) is 20.1. The number of likely N-dealkylation sites (tertiary alicyclic amines) is 1. The summed E-state index contributed by atoms with van der Waals surface area (Å²) in [5.74, 6) is 3.46. The van der Waals surface area contributed by atoms with E-state index in [-0.39, 0.29) is 41.8 Å². The fourth-order valence-corrected chi connectivity index (χ4v) is 4.26. The van der Waals surface area contributed by atoms with Crippen molar-refractivity contribution in [1.29, 1.82) is 0 Å². The van der Waals surface area contributed by atoms with Gasteiger partial charge in [0, 0.05) is 48.8 Å². The summed E-state index contributed by atoms with van der Waals surface area (Å²) < 4.78 is 5.43. The van der Waals surface area contributed by atoms with Crippen LogP contribution in [0.15, 0.2) is 34.2 Å². The molecule has 1 amide bonds. The predicted molar refractivity (Wildman–Crippen MR) is 137 cm³/mol. The number of nitrogens with one attached hydrogen (secondary N) is 2. The van der Waals surface area contributed by atoms with Crippen molar-refractivity contribution in [3.05, 3.63) is 24.3 Å². The number of ether oxygens (including phenoxy) is 1. The molecule has 1 aliphatic rings. The number of aliphatic imine (C=N–C) groups is 1. The minimum atomic E-state index is 0. The van der Waals surface area contributed by atoms with Crippen LogP contribution in [0.3, 0.4) is 0 Å². The molecular formula is C22H37IN4O2S. The molecule has 0 aromatic heterocycles. The molecule has 0 spiro atoms. The van der Waals surface area contributed by atoms with E-state index >= 15 is 0 Å². The van der Waals surface area contributed by atoms with E-state index in [0.717, 1.165) is 55.0 Å². The maximum Gasteiger partial charge on any atom is 0.225 e. The van der Waals surface area contributed by atoms with Gasteiger partial charge in [-0.05, 0) is 31.4 Å². The van der Waals surface area contributed by atoms with E-state index in [2.05, 4.69) is 30.5 Å². The second-order valence-corrected chi connectivity index (χ2v) is 8.92. The molecule has 8 heteroatoms. The van der Waals surface area contributed by atoms with E-state index in [1.807, 2.05) is 36.9 Å². The first kappa shape index (κ1) is 26.9. The van der Waals surface area contributed by atoms with Gasteiger partial charge in [0.25, 0.3) is 0 Å². The van der Waals surface area contributed by atoms with Crippen molar-refractivity contribution in [2.45, 2.75) is 45.1 Å². The van der Waals surface area contributed by atoms with E-state index in [9.17, 15) is 4.79 Å². The summed E-state index contributed by atoms with van der Waals surface area (Å²) in [7, 11) is 1.71. The fourth-order valence-electron chi connectivity index (χ4n) is 3.23. The third-order valence-corrected chi connectivity index (χ3v) is 6.22. The van der Waals surface area contributed by atoms with Crippen LogP contribution in [0.2, 0.25) is 0 Å². The topological polar surface area (TPSA) is 66.0 Å². The summed E-state index contributed by atoms with van der Waals surface area (Å²) in [6.45, 7) is 11.3. The van der Waals surface area contributed by atoms with Crippen molar-refractivity contribution in [3.63, 3.8) is 0 Å². The molecule has 0 saturated carbocycles. The average molecular weight is 549 g/mol. The van der Waals surface area contributed by atoms with Gasteiger partial charge >= 0.3 is 0 Å². The molecule has 2 unspecified atom stereocenters. The number of halogens is 1. The number of hydrogen-bond acceptors (Lipinski definition) is 4. The van der Waals surface area contributed by atoms with E-state index in [0.29, 0.717) is 5.92 Å². The number of amides is 1. The highest BCUT2D eigenvalue weighted by Gasteiger charge is 2.27. The molecule has 1 aromatic carbocycles. The second kappa shape index (κ2) is 14.0. The molecule has 0 radical (unpaired) electrons. The third-order valence-electron chi connectivity index (χ3n) is 4.83. The monoisotopic (exact) mass is 548 g/mol. The Morgan fingerprint density at radius 2 is 2.07 bits per heavy atom. The maximum atomic E-state index is 12.2. The van der Waals surface area contributed by atoms with Gasteiger partial charge in [-0.15, -0.1) is 35.7 Å². The fraction of sp³-hybridized carbons (Fsp3) is 0.636. The van der Waals surface area contributed by atoms with Crippen molar-refractivity contribution >= 4 is 47.6 Å². The van der Waals surface area contributed by atoms with Crippen molar-refractivity contribution in [2.75, 3.05) is 39.0 Å². The van der Waals surface area contributed by atoms with Crippen molar-refractivity contribution in [3.8, 4) is 5.75 Å². The minimum absolute atomic E-state index is 0. The largest absolute Gasteiger partial charge is 0.496 e. The highest BCUT2D eigenvalue weighted by atomic mass is 127. The van der Waals surface area contributed by atoms with Crippen LogP contribution in [-0.4, -0.2) is 61.9 Å². The Bertz CT molecular complexity index is 687. The number of para-hydroxylation sites is 1. The van der Waals surface area contributed by atoms with Crippen LogP contribution < -0.4 is 15.4 Å². The molecule has 2 rings (SSSR count). The molecule has 6 nitrogen and oxygen atoms in total. The molecule has 1 fully saturated rings. The number of methoxy groups -OCH3 is 1. The quantitative estimate of drug-likeness (QED) is 0.213. The molecule has 1 aromatic rings. The lowest BCUT2D eigenvalue weighted by molar-refractivity contribution is -0.133. The lowest BCUT2D eigenvalue weighted by Gasteiger charge is -2.20. The Balaban J connectivity index is 0.00000450. The average Bonchev–Trinajstić information content (AvgIpc) is 3.18. The highest BCUT2D eigenvalue weighted by molar-refractivity contribution is 14.0. The summed E-state index contributed by atoms with van der Waals surface area (Å²) in [5.41, 5.74) is 0. The predicted octanol–water partition coefficient (Wildman–Crippen LogP) is 3.85. The molecular weight excluding hydrogens is 511 g/mol. The number of rotatable bonds is 9. The van der Waals surface area contributed by atoms with Crippen molar-refractivity contribution in [1.82, 2.24) is 15.5 Å². The summed E-state index contributed by atoms with van der Waals surface area (Å²) in [6.07, 6.45) is 0.960. The van der Waals surface area contributed by atoms with Crippen LogP contribution in [0.4, 0.5) is 0 Å². The van der Waals surface area contributed by atoms with Gasteiger partial charge in [-0.3, -0.25) is 9.79 Å². The zero-order valence-corrected chi connectivity index (χ0v) is 22.0.